The number of carbonyl (C=O) groups is 2. The predicted molar refractivity (Wildman–Crippen MR) is 87.3 cm³/mol. The lowest BCUT2D eigenvalue weighted by Crippen LogP contribution is -2.44. The SMILES string of the molecule is CC(C(=O)NC1CCN(c2ccc(Cl)cc2)C1=O)n1cccn1. The summed E-state index contributed by atoms with van der Waals surface area (Å²) in [5.74, 6) is -0.321. The molecule has 1 fully saturated rings. The summed E-state index contributed by atoms with van der Waals surface area (Å²) >= 11 is 5.87. The molecule has 23 heavy (non-hydrogen) atoms. The number of hydrogen-bond donors (Lipinski definition) is 1. The van der Waals surface area contributed by atoms with E-state index in [1.807, 2.05) is 0 Å². The Hall–Kier alpha value is -2.34. The number of benzene rings is 1. The minimum Gasteiger partial charge on any atom is -0.342 e. The number of aromatic nitrogens is 2. The van der Waals surface area contributed by atoms with Gasteiger partial charge in [-0.05, 0) is 43.7 Å². The van der Waals surface area contributed by atoms with Crippen LogP contribution in [0.4, 0.5) is 5.69 Å². The summed E-state index contributed by atoms with van der Waals surface area (Å²) in [5, 5.41) is 7.48. The summed E-state index contributed by atoms with van der Waals surface area (Å²) in [7, 11) is 0. The van der Waals surface area contributed by atoms with Gasteiger partial charge in [-0.25, -0.2) is 0 Å². The number of rotatable bonds is 4. The lowest BCUT2D eigenvalue weighted by molar-refractivity contribution is -0.128. The summed E-state index contributed by atoms with van der Waals surface area (Å²) in [4.78, 5) is 26.4. The molecular weight excluding hydrogens is 316 g/mol. The Balaban J connectivity index is 1.65. The van der Waals surface area contributed by atoms with Gasteiger partial charge < -0.3 is 10.2 Å². The van der Waals surface area contributed by atoms with Gasteiger partial charge in [0, 0.05) is 29.6 Å². The highest BCUT2D eigenvalue weighted by Gasteiger charge is 2.34. The molecule has 120 valence electrons. The number of nitrogens with one attached hydrogen (secondary N) is 1. The maximum Gasteiger partial charge on any atom is 0.249 e. The zero-order chi connectivity index (χ0) is 16.4. The fraction of sp³-hybridized carbons (Fsp3) is 0.312. The molecule has 3 rings (SSSR count). The zero-order valence-corrected chi connectivity index (χ0v) is 13.4. The highest BCUT2D eigenvalue weighted by molar-refractivity contribution is 6.30. The fourth-order valence-corrected chi connectivity index (χ4v) is 2.74. The second-order valence-electron chi connectivity index (χ2n) is 5.48. The van der Waals surface area contributed by atoms with Crippen LogP contribution in [0.2, 0.25) is 5.02 Å². The smallest absolute Gasteiger partial charge is 0.249 e. The normalized spacial score (nSPS) is 19.0. The molecule has 2 amide bonds. The van der Waals surface area contributed by atoms with Gasteiger partial charge in [0.05, 0.1) is 0 Å². The lowest BCUT2D eigenvalue weighted by atomic mass is 10.2. The molecule has 1 N–H and O–H groups in total. The Bertz CT molecular complexity index is 699. The van der Waals surface area contributed by atoms with Gasteiger partial charge in [-0.15, -0.1) is 0 Å². The van der Waals surface area contributed by atoms with Gasteiger partial charge in [0.25, 0.3) is 0 Å². The first-order valence-electron chi connectivity index (χ1n) is 7.42. The third-order valence-electron chi connectivity index (χ3n) is 3.96. The van der Waals surface area contributed by atoms with Crippen molar-refractivity contribution in [3.8, 4) is 0 Å². The number of anilines is 1. The van der Waals surface area contributed by atoms with E-state index in [1.54, 1.807) is 59.2 Å². The largest absolute Gasteiger partial charge is 0.342 e. The number of hydrogen-bond acceptors (Lipinski definition) is 3. The first-order chi connectivity index (χ1) is 11.1. The van der Waals surface area contributed by atoms with Crippen molar-refractivity contribution in [1.29, 1.82) is 0 Å². The van der Waals surface area contributed by atoms with Gasteiger partial charge in [-0.1, -0.05) is 11.6 Å². The molecule has 2 aromatic rings. The van der Waals surface area contributed by atoms with Crippen LogP contribution in [0.3, 0.4) is 0 Å². The minimum absolute atomic E-state index is 0.103. The quantitative estimate of drug-likeness (QED) is 0.931. The molecule has 1 aliphatic rings. The predicted octanol–water partition coefficient (Wildman–Crippen LogP) is 2.02. The molecule has 6 nitrogen and oxygen atoms in total. The molecule has 1 aliphatic heterocycles. The summed E-state index contributed by atoms with van der Waals surface area (Å²) in [6, 6.07) is 7.89. The van der Waals surface area contributed by atoms with Crippen LogP contribution >= 0.6 is 11.6 Å². The molecular formula is C16H17ClN4O2. The van der Waals surface area contributed by atoms with Crippen LogP contribution in [0, 0.1) is 0 Å². The van der Waals surface area contributed by atoms with Crippen molar-refractivity contribution in [3.05, 3.63) is 47.7 Å². The number of halogens is 1. The van der Waals surface area contributed by atoms with Crippen molar-refractivity contribution >= 4 is 29.1 Å². The zero-order valence-electron chi connectivity index (χ0n) is 12.6. The average molecular weight is 333 g/mol. The average Bonchev–Trinajstić information content (AvgIpc) is 3.19. The number of carbonyl (C=O) groups excluding carboxylic acids is 2. The third-order valence-corrected chi connectivity index (χ3v) is 4.21. The Morgan fingerprint density at radius 1 is 1.39 bits per heavy atom. The van der Waals surface area contributed by atoms with Crippen LogP contribution in [-0.4, -0.2) is 34.2 Å². The molecule has 0 aliphatic carbocycles. The topological polar surface area (TPSA) is 67.2 Å². The van der Waals surface area contributed by atoms with Gasteiger partial charge in [-0.3, -0.25) is 14.3 Å². The van der Waals surface area contributed by atoms with Crippen molar-refractivity contribution in [2.24, 2.45) is 0 Å². The first kappa shape index (κ1) is 15.6. The molecule has 0 saturated carbocycles. The van der Waals surface area contributed by atoms with E-state index in [2.05, 4.69) is 10.4 Å². The Morgan fingerprint density at radius 2 is 2.13 bits per heavy atom. The number of nitrogens with zero attached hydrogens (tertiary/aromatic N) is 3. The molecule has 2 unspecified atom stereocenters. The minimum atomic E-state index is -0.504. The molecule has 7 heteroatoms. The van der Waals surface area contributed by atoms with Crippen LogP contribution in [0.25, 0.3) is 0 Å². The van der Waals surface area contributed by atoms with E-state index in [0.29, 0.717) is 18.0 Å². The van der Waals surface area contributed by atoms with E-state index in [1.165, 1.54) is 0 Å². The van der Waals surface area contributed by atoms with E-state index in [4.69, 9.17) is 11.6 Å². The van der Waals surface area contributed by atoms with Gasteiger partial charge >= 0.3 is 0 Å². The lowest BCUT2D eigenvalue weighted by Gasteiger charge is -2.19. The van der Waals surface area contributed by atoms with Gasteiger partial charge in [-0.2, -0.15) is 5.10 Å². The van der Waals surface area contributed by atoms with Crippen LogP contribution in [-0.2, 0) is 9.59 Å². The molecule has 2 heterocycles. The molecule has 0 bridgehead atoms. The van der Waals surface area contributed by atoms with Crippen molar-refractivity contribution in [2.75, 3.05) is 11.4 Å². The van der Waals surface area contributed by atoms with Crippen molar-refractivity contribution in [2.45, 2.75) is 25.4 Å². The summed E-state index contributed by atoms with van der Waals surface area (Å²) < 4.78 is 1.56. The first-order valence-corrected chi connectivity index (χ1v) is 7.80. The van der Waals surface area contributed by atoms with Crippen LogP contribution in [0.5, 0.6) is 0 Å². The molecule has 0 spiro atoms. The molecule has 1 saturated heterocycles. The molecule has 1 aromatic carbocycles. The van der Waals surface area contributed by atoms with E-state index >= 15 is 0 Å². The van der Waals surface area contributed by atoms with Gasteiger partial charge in [0.2, 0.25) is 11.8 Å². The summed E-state index contributed by atoms with van der Waals surface area (Å²) in [6.07, 6.45) is 3.92. The maximum atomic E-state index is 12.5. The van der Waals surface area contributed by atoms with Crippen LogP contribution in [0.1, 0.15) is 19.4 Å². The fourth-order valence-electron chi connectivity index (χ4n) is 2.61. The van der Waals surface area contributed by atoms with E-state index in [0.717, 1.165) is 5.69 Å². The van der Waals surface area contributed by atoms with Crippen molar-refractivity contribution < 1.29 is 9.59 Å². The van der Waals surface area contributed by atoms with Crippen molar-refractivity contribution in [3.63, 3.8) is 0 Å². The summed E-state index contributed by atoms with van der Waals surface area (Å²) in [6.45, 7) is 2.32. The molecule has 1 aromatic heterocycles. The van der Waals surface area contributed by atoms with Crippen LogP contribution < -0.4 is 10.2 Å². The standard InChI is InChI=1S/C16H17ClN4O2/c1-11(21-9-2-8-18-21)15(22)19-14-7-10-20(16(14)23)13-5-3-12(17)4-6-13/h2-6,8-9,11,14H,7,10H2,1H3,(H,19,22). The third kappa shape index (κ3) is 3.22. The highest BCUT2D eigenvalue weighted by atomic mass is 35.5. The van der Waals surface area contributed by atoms with E-state index in [9.17, 15) is 9.59 Å². The van der Waals surface area contributed by atoms with E-state index in [-0.39, 0.29) is 11.8 Å². The maximum absolute atomic E-state index is 12.5. The highest BCUT2D eigenvalue weighted by Crippen LogP contribution is 2.23. The Labute approximate surface area is 139 Å². The van der Waals surface area contributed by atoms with Crippen molar-refractivity contribution in [1.82, 2.24) is 15.1 Å². The molecule has 0 radical (unpaired) electrons. The number of amides is 2. The van der Waals surface area contributed by atoms with Gasteiger partial charge in [0.15, 0.2) is 0 Å². The van der Waals surface area contributed by atoms with Crippen LogP contribution in [0.15, 0.2) is 42.7 Å². The van der Waals surface area contributed by atoms with Gasteiger partial charge in [0.1, 0.15) is 12.1 Å². The molecule has 2 atom stereocenters. The summed E-state index contributed by atoms with van der Waals surface area (Å²) in [5.41, 5.74) is 0.788. The second kappa shape index (κ2) is 6.42. The Kier molecular flexibility index (Phi) is 4.34. The van der Waals surface area contributed by atoms with E-state index < -0.39 is 12.1 Å². The second-order valence-corrected chi connectivity index (χ2v) is 5.91. The monoisotopic (exact) mass is 332 g/mol. The Morgan fingerprint density at radius 3 is 2.78 bits per heavy atom.